The van der Waals surface area contributed by atoms with Crippen LogP contribution in [0.3, 0.4) is 0 Å². The van der Waals surface area contributed by atoms with Gasteiger partial charge in [-0.2, -0.15) is 0 Å². The minimum absolute atomic E-state index is 0.588. The Bertz CT molecular complexity index is 170. The summed E-state index contributed by atoms with van der Waals surface area (Å²) < 4.78 is 0. The standard InChI is InChI=1S/C15H30.C2H6/c1-12(2)10-11-15(4,5)14-8-6-13(3)7-9-14;1-2/h12-14H,6-11H2,1-5H3;1-2H3. The molecule has 0 atom stereocenters. The number of hydrogen-bond acceptors (Lipinski definition) is 0. The summed E-state index contributed by atoms with van der Waals surface area (Å²) >= 11 is 0. The summed E-state index contributed by atoms with van der Waals surface area (Å²) in [6, 6.07) is 0. The molecule has 0 heterocycles. The molecule has 0 heteroatoms. The SMILES string of the molecule is CC.CC(C)CCC(C)(C)C1CCC(C)CC1. The van der Waals surface area contributed by atoms with Gasteiger partial charge in [-0.3, -0.25) is 0 Å². The lowest BCUT2D eigenvalue weighted by Crippen LogP contribution is -2.28. The van der Waals surface area contributed by atoms with E-state index in [2.05, 4.69) is 34.6 Å². The molecule has 0 amide bonds. The summed E-state index contributed by atoms with van der Waals surface area (Å²) in [5.41, 5.74) is 0.588. The Morgan fingerprint density at radius 2 is 1.47 bits per heavy atom. The van der Waals surface area contributed by atoms with Crippen LogP contribution in [0.5, 0.6) is 0 Å². The largest absolute Gasteiger partial charge is 0.0683 e. The highest BCUT2D eigenvalue weighted by molar-refractivity contribution is 4.82. The van der Waals surface area contributed by atoms with Crippen molar-refractivity contribution in [1.82, 2.24) is 0 Å². The zero-order chi connectivity index (χ0) is 13.5. The Kier molecular flexibility index (Phi) is 8.16. The fourth-order valence-corrected chi connectivity index (χ4v) is 2.91. The van der Waals surface area contributed by atoms with Crippen molar-refractivity contribution in [3.8, 4) is 0 Å². The molecule has 1 aliphatic carbocycles. The zero-order valence-corrected chi connectivity index (χ0v) is 13.5. The normalized spacial score (nSPS) is 25.4. The van der Waals surface area contributed by atoms with Crippen LogP contribution in [-0.2, 0) is 0 Å². The van der Waals surface area contributed by atoms with Gasteiger partial charge in [0, 0.05) is 0 Å². The number of hydrogen-bond donors (Lipinski definition) is 0. The molecule has 0 unspecified atom stereocenters. The van der Waals surface area contributed by atoms with Crippen molar-refractivity contribution in [3.05, 3.63) is 0 Å². The lowest BCUT2D eigenvalue weighted by atomic mass is 9.67. The molecule has 0 aliphatic heterocycles. The van der Waals surface area contributed by atoms with Crippen molar-refractivity contribution < 1.29 is 0 Å². The average molecular weight is 240 g/mol. The molecule has 1 fully saturated rings. The third-order valence-electron chi connectivity index (χ3n) is 4.49. The quantitative estimate of drug-likeness (QED) is 0.541. The van der Waals surface area contributed by atoms with Crippen molar-refractivity contribution in [2.24, 2.45) is 23.2 Å². The molecule has 1 rings (SSSR count). The third-order valence-corrected chi connectivity index (χ3v) is 4.49. The Morgan fingerprint density at radius 1 is 1.00 bits per heavy atom. The fraction of sp³-hybridized carbons (Fsp3) is 1.00. The molecule has 0 nitrogen and oxygen atoms in total. The Balaban J connectivity index is 0.00000121. The summed E-state index contributed by atoms with van der Waals surface area (Å²) in [5, 5.41) is 0. The molecule has 0 aromatic rings. The molecular weight excluding hydrogens is 204 g/mol. The smallest absolute Gasteiger partial charge is 0.0326 e. The molecule has 0 spiro atoms. The first-order valence-electron chi connectivity index (χ1n) is 7.92. The second-order valence-corrected chi connectivity index (χ2v) is 6.88. The van der Waals surface area contributed by atoms with Gasteiger partial charge in [0.2, 0.25) is 0 Å². The van der Waals surface area contributed by atoms with Gasteiger partial charge in [-0.1, -0.05) is 67.7 Å². The van der Waals surface area contributed by atoms with E-state index >= 15 is 0 Å². The highest BCUT2D eigenvalue weighted by Gasteiger charge is 2.31. The third kappa shape index (κ3) is 6.48. The van der Waals surface area contributed by atoms with Crippen LogP contribution >= 0.6 is 0 Å². The second kappa shape index (κ2) is 8.16. The minimum atomic E-state index is 0.588. The molecule has 0 saturated heterocycles. The summed E-state index contributed by atoms with van der Waals surface area (Å²) in [6.45, 7) is 16.1. The van der Waals surface area contributed by atoms with Gasteiger partial charge in [-0.05, 0) is 42.4 Å². The van der Waals surface area contributed by atoms with E-state index in [4.69, 9.17) is 0 Å². The van der Waals surface area contributed by atoms with Gasteiger partial charge in [0.1, 0.15) is 0 Å². The molecule has 0 bridgehead atoms. The molecule has 1 saturated carbocycles. The average Bonchev–Trinajstić information content (AvgIpc) is 2.30. The topological polar surface area (TPSA) is 0 Å². The molecule has 104 valence electrons. The van der Waals surface area contributed by atoms with E-state index in [9.17, 15) is 0 Å². The van der Waals surface area contributed by atoms with E-state index < -0.39 is 0 Å². The van der Waals surface area contributed by atoms with Gasteiger partial charge in [0.25, 0.3) is 0 Å². The van der Waals surface area contributed by atoms with Gasteiger partial charge >= 0.3 is 0 Å². The summed E-state index contributed by atoms with van der Waals surface area (Å²) in [6.07, 6.45) is 8.72. The van der Waals surface area contributed by atoms with Crippen LogP contribution in [-0.4, -0.2) is 0 Å². The Labute approximate surface area is 111 Å². The maximum atomic E-state index is 2.50. The van der Waals surface area contributed by atoms with Gasteiger partial charge in [-0.15, -0.1) is 0 Å². The highest BCUT2D eigenvalue weighted by Crippen LogP contribution is 2.43. The van der Waals surface area contributed by atoms with Crippen LogP contribution in [0.1, 0.15) is 87.0 Å². The van der Waals surface area contributed by atoms with E-state index in [-0.39, 0.29) is 0 Å². The molecule has 0 N–H and O–H groups in total. The molecular formula is C17H36. The molecule has 0 aromatic heterocycles. The minimum Gasteiger partial charge on any atom is -0.0683 e. The van der Waals surface area contributed by atoms with E-state index in [0.29, 0.717) is 5.41 Å². The van der Waals surface area contributed by atoms with Crippen LogP contribution in [0.2, 0.25) is 0 Å². The molecule has 0 radical (unpaired) electrons. The first-order chi connectivity index (χ1) is 7.92. The fourth-order valence-electron chi connectivity index (χ4n) is 2.91. The Hall–Kier alpha value is 0. The van der Waals surface area contributed by atoms with Crippen LogP contribution in [0, 0.1) is 23.2 Å². The van der Waals surface area contributed by atoms with Crippen molar-refractivity contribution in [1.29, 1.82) is 0 Å². The number of rotatable bonds is 4. The van der Waals surface area contributed by atoms with Crippen LogP contribution in [0.15, 0.2) is 0 Å². The van der Waals surface area contributed by atoms with Crippen LogP contribution in [0.4, 0.5) is 0 Å². The van der Waals surface area contributed by atoms with Gasteiger partial charge in [0.15, 0.2) is 0 Å². The monoisotopic (exact) mass is 240 g/mol. The first-order valence-corrected chi connectivity index (χ1v) is 7.92. The summed E-state index contributed by atoms with van der Waals surface area (Å²) in [5.74, 6) is 2.85. The lowest BCUT2D eigenvalue weighted by molar-refractivity contribution is 0.120. The molecule has 17 heavy (non-hydrogen) atoms. The van der Waals surface area contributed by atoms with Crippen molar-refractivity contribution in [2.75, 3.05) is 0 Å². The van der Waals surface area contributed by atoms with Gasteiger partial charge in [-0.25, -0.2) is 0 Å². The summed E-state index contributed by atoms with van der Waals surface area (Å²) in [7, 11) is 0. The Morgan fingerprint density at radius 3 is 1.88 bits per heavy atom. The predicted octanol–water partition coefficient (Wildman–Crippen LogP) is 6.30. The van der Waals surface area contributed by atoms with Crippen molar-refractivity contribution in [2.45, 2.75) is 87.0 Å². The second-order valence-electron chi connectivity index (χ2n) is 6.88. The highest BCUT2D eigenvalue weighted by atomic mass is 14.4. The molecule has 1 aliphatic rings. The zero-order valence-electron chi connectivity index (χ0n) is 13.5. The van der Waals surface area contributed by atoms with Crippen molar-refractivity contribution >= 4 is 0 Å². The van der Waals surface area contributed by atoms with E-state index in [1.54, 1.807) is 0 Å². The van der Waals surface area contributed by atoms with E-state index in [0.717, 1.165) is 17.8 Å². The molecule has 0 aromatic carbocycles. The van der Waals surface area contributed by atoms with Gasteiger partial charge < -0.3 is 0 Å². The van der Waals surface area contributed by atoms with Crippen LogP contribution < -0.4 is 0 Å². The maximum absolute atomic E-state index is 2.50. The maximum Gasteiger partial charge on any atom is -0.0326 e. The predicted molar refractivity (Wildman–Crippen MR) is 80.3 cm³/mol. The van der Waals surface area contributed by atoms with E-state index in [1.165, 1.54) is 38.5 Å². The summed E-state index contributed by atoms with van der Waals surface area (Å²) in [4.78, 5) is 0. The van der Waals surface area contributed by atoms with Crippen LogP contribution in [0.25, 0.3) is 0 Å². The first kappa shape index (κ1) is 17.0. The lowest BCUT2D eigenvalue weighted by Gasteiger charge is -2.39. The van der Waals surface area contributed by atoms with Gasteiger partial charge in [0.05, 0.1) is 0 Å². The van der Waals surface area contributed by atoms with E-state index in [1.807, 2.05) is 13.8 Å². The van der Waals surface area contributed by atoms with Crippen molar-refractivity contribution in [3.63, 3.8) is 0 Å².